The highest BCUT2D eigenvalue weighted by Gasteiger charge is 2.25. The van der Waals surface area contributed by atoms with E-state index in [0.29, 0.717) is 11.4 Å². The SMILES string of the molecule is CC(Cl)c1nc2cc(F)c(Cl)cc2n1CC1CC1. The Hall–Kier alpha value is -0.800. The lowest BCUT2D eigenvalue weighted by atomic mass is 10.3. The first kappa shape index (κ1) is 12.2. The zero-order valence-corrected chi connectivity index (χ0v) is 11.5. The van der Waals surface area contributed by atoms with Crippen molar-refractivity contribution in [2.24, 2.45) is 5.92 Å². The van der Waals surface area contributed by atoms with Gasteiger partial charge < -0.3 is 4.57 Å². The standard InChI is InChI=1S/C13H13Cl2FN2/c1-7(14)13-17-11-5-10(16)9(15)4-12(11)18(13)6-8-2-3-8/h4-5,7-8H,2-3,6H2,1H3. The molecule has 96 valence electrons. The molecule has 1 aromatic carbocycles. The van der Waals surface area contributed by atoms with Crippen LogP contribution in [-0.2, 0) is 6.54 Å². The van der Waals surface area contributed by atoms with E-state index in [1.165, 1.54) is 18.9 Å². The second-order valence-electron chi connectivity index (χ2n) is 4.90. The highest BCUT2D eigenvalue weighted by Crippen LogP contribution is 2.35. The maximum absolute atomic E-state index is 13.5. The van der Waals surface area contributed by atoms with Gasteiger partial charge in [-0.1, -0.05) is 11.6 Å². The summed E-state index contributed by atoms with van der Waals surface area (Å²) in [7, 11) is 0. The normalized spacial score (nSPS) is 17.3. The maximum atomic E-state index is 13.5. The lowest BCUT2D eigenvalue weighted by molar-refractivity contribution is 0.610. The quantitative estimate of drug-likeness (QED) is 0.758. The van der Waals surface area contributed by atoms with Crippen LogP contribution < -0.4 is 0 Å². The monoisotopic (exact) mass is 286 g/mol. The van der Waals surface area contributed by atoms with E-state index in [0.717, 1.165) is 17.9 Å². The predicted molar refractivity (Wildman–Crippen MR) is 71.7 cm³/mol. The van der Waals surface area contributed by atoms with E-state index >= 15 is 0 Å². The molecule has 1 unspecified atom stereocenters. The van der Waals surface area contributed by atoms with Crippen molar-refractivity contribution in [1.82, 2.24) is 9.55 Å². The van der Waals surface area contributed by atoms with Crippen LogP contribution in [0.3, 0.4) is 0 Å². The van der Waals surface area contributed by atoms with Gasteiger partial charge in [0.15, 0.2) is 0 Å². The topological polar surface area (TPSA) is 17.8 Å². The third-order valence-electron chi connectivity index (χ3n) is 3.31. The van der Waals surface area contributed by atoms with Crippen LogP contribution in [-0.4, -0.2) is 9.55 Å². The molecule has 0 bridgehead atoms. The Labute approximate surface area is 115 Å². The smallest absolute Gasteiger partial charge is 0.144 e. The second-order valence-corrected chi connectivity index (χ2v) is 5.96. The number of nitrogens with zero attached hydrogens (tertiary/aromatic N) is 2. The van der Waals surface area contributed by atoms with E-state index in [-0.39, 0.29) is 10.4 Å². The van der Waals surface area contributed by atoms with E-state index in [2.05, 4.69) is 9.55 Å². The highest BCUT2D eigenvalue weighted by molar-refractivity contribution is 6.31. The van der Waals surface area contributed by atoms with Gasteiger partial charge in [0.2, 0.25) is 0 Å². The molecule has 1 fully saturated rings. The first-order valence-corrected chi connectivity index (χ1v) is 6.87. The third-order valence-corrected chi connectivity index (χ3v) is 3.80. The van der Waals surface area contributed by atoms with Crippen LogP contribution in [0.25, 0.3) is 11.0 Å². The van der Waals surface area contributed by atoms with E-state index in [1.807, 2.05) is 6.92 Å². The van der Waals surface area contributed by atoms with Crippen molar-refractivity contribution in [2.75, 3.05) is 0 Å². The summed E-state index contributed by atoms with van der Waals surface area (Å²) in [6.07, 6.45) is 2.48. The van der Waals surface area contributed by atoms with Crippen LogP contribution in [0.2, 0.25) is 5.02 Å². The largest absolute Gasteiger partial charge is 0.326 e. The van der Waals surface area contributed by atoms with Gasteiger partial charge in [-0.2, -0.15) is 0 Å². The zero-order valence-electron chi connectivity index (χ0n) is 9.96. The van der Waals surface area contributed by atoms with Gasteiger partial charge in [-0.05, 0) is 31.7 Å². The minimum Gasteiger partial charge on any atom is -0.326 e. The molecule has 1 saturated carbocycles. The molecule has 1 aromatic heterocycles. The Morgan fingerprint density at radius 3 is 2.83 bits per heavy atom. The first-order valence-electron chi connectivity index (χ1n) is 6.05. The van der Waals surface area contributed by atoms with Crippen LogP contribution in [0.15, 0.2) is 12.1 Å². The Morgan fingerprint density at radius 2 is 2.22 bits per heavy atom. The van der Waals surface area contributed by atoms with Crippen molar-refractivity contribution in [3.8, 4) is 0 Å². The fourth-order valence-electron chi connectivity index (χ4n) is 2.19. The number of alkyl halides is 1. The summed E-state index contributed by atoms with van der Waals surface area (Å²) in [6, 6.07) is 3.02. The van der Waals surface area contributed by atoms with Crippen molar-refractivity contribution in [3.63, 3.8) is 0 Å². The Morgan fingerprint density at radius 1 is 1.50 bits per heavy atom. The van der Waals surface area contributed by atoms with Crippen LogP contribution in [0.1, 0.15) is 31.0 Å². The molecule has 0 aliphatic heterocycles. The summed E-state index contributed by atoms with van der Waals surface area (Å²) in [5.74, 6) is 1.05. The molecule has 0 saturated heterocycles. The summed E-state index contributed by atoms with van der Waals surface area (Å²) in [6.45, 7) is 2.77. The minimum atomic E-state index is -0.436. The van der Waals surface area contributed by atoms with Crippen molar-refractivity contribution >= 4 is 34.2 Å². The van der Waals surface area contributed by atoms with Crippen molar-refractivity contribution < 1.29 is 4.39 Å². The molecule has 1 aliphatic rings. The molecule has 1 atom stereocenters. The number of benzene rings is 1. The first-order chi connectivity index (χ1) is 8.56. The molecule has 0 N–H and O–H groups in total. The summed E-state index contributed by atoms with van der Waals surface area (Å²) in [5, 5.41) is -0.0637. The zero-order chi connectivity index (χ0) is 12.9. The van der Waals surface area contributed by atoms with Gasteiger partial charge in [0.25, 0.3) is 0 Å². The van der Waals surface area contributed by atoms with Gasteiger partial charge in [-0.3, -0.25) is 0 Å². The molecule has 2 nitrogen and oxygen atoms in total. The van der Waals surface area contributed by atoms with Gasteiger partial charge in [0.1, 0.15) is 11.6 Å². The summed E-state index contributed by atoms with van der Waals surface area (Å²) in [4.78, 5) is 4.43. The lowest BCUT2D eigenvalue weighted by Crippen LogP contribution is -2.05. The number of aromatic nitrogens is 2. The molecular formula is C13H13Cl2FN2. The number of fused-ring (bicyclic) bond motifs is 1. The van der Waals surface area contributed by atoms with Crippen LogP contribution in [0.5, 0.6) is 0 Å². The molecule has 5 heteroatoms. The van der Waals surface area contributed by atoms with Gasteiger partial charge in [-0.15, -0.1) is 11.6 Å². The Kier molecular flexibility index (Phi) is 2.99. The van der Waals surface area contributed by atoms with Gasteiger partial charge in [0, 0.05) is 12.6 Å². The van der Waals surface area contributed by atoms with Crippen LogP contribution in [0.4, 0.5) is 4.39 Å². The molecule has 1 aliphatic carbocycles. The fourth-order valence-corrected chi connectivity index (χ4v) is 2.52. The minimum absolute atomic E-state index is 0.133. The average Bonchev–Trinajstić information content (AvgIpc) is 3.05. The van der Waals surface area contributed by atoms with Gasteiger partial charge in [-0.25, -0.2) is 9.37 Å². The van der Waals surface area contributed by atoms with Gasteiger partial charge >= 0.3 is 0 Å². The number of halogens is 3. The molecule has 0 radical (unpaired) electrons. The number of imidazole rings is 1. The second kappa shape index (κ2) is 4.39. The van der Waals surface area contributed by atoms with E-state index < -0.39 is 5.82 Å². The van der Waals surface area contributed by atoms with E-state index in [1.54, 1.807) is 6.07 Å². The number of hydrogen-bond acceptors (Lipinski definition) is 1. The van der Waals surface area contributed by atoms with Gasteiger partial charge in [0.05, 0.1) is 21.4 Å². The number of hydrogen-bond donors (Lipinski definition) is 0. The summed E-state index contributed by atoms with van der Waals surface area (Å²) < 4.78 is 15.5. The Balaban J connectivity index is 2.19. The third kappa shape index (κ3) is 2.10. The Bertz CT molecular complexity index is 603. The predicted octanol–water partition coefficient (Wildman–Crippen LogP) is 4.54. The molecule has 2 aromatic rings. The van der Waals surface area contributed by atoms with Crippen molar-refractivity contribution in [3.05, 3.63) is 28.8 Å². The fraction of sp³-hybridized carbons (Fsp3) is 0.462. The van der Waals surface area contributed by atoms with Crippen LogP contribution in [0, 0.1) is 11.7 Å². The summed E-state index contributed by atoms with van der Waals surface area (Å²) in [5.41, 5.74) is 1.50. The maximum Gasteiger partial charge on any atom is 0.144 e. The number of rotatable bonds is 3. The van der Waals surface area contributed by atoms with E-state index in [9.17, 15) is 4.39 Å². The molecule has 18 heavy (non-hydrogen) atoms. The van der Waals surface area contributed by atoms with Crippen LogP contribution >= 0.6 is 23.2 Å². The lowest BCUT2D eigenvalue weighted by Gasteiger charge is -2.09. The highest BCUT2D eigenvalue weighted by atomic mass is 35.5. The molecule has 0 amide bonds. The molecule has 0 spiro atoms. The summed E-state index contributed by atoms with van der Waals surface area (Å²) >= 11 is 12.0. The molecule has 1 heterocycles. The van der Waals surface area contributed by atoms with E-state index in [4.69, 9.17) is 23.2 Å². The molecule has 3 rings (SSSR count). The van der Waals surface area contributed by atoms with Crippen molar-refractivity contribution in [1.29, 1.82) is 0 Å². The molecular weight excluding hydrogens is 274 g/mol. The van der Waals surface area contributed by atoms with Crippen molar-refractivity contribution in [2.45, 2.75) is 31.7 Å². The average molecular weight is 287 g/mol.